The fourth-order valence-electron chi connectivity index (χ4n) is 4.26. The molecule has 2 aromatic rings. The number of hydrogen-bond acceptors (Lipinski definition) is 4. The molecule has 1 fully saturated rings. The van der Waals surface area contributed by atoms with E-state index < -0.39 is 0 Å². The average molecular weight is 384 g/mol. The van der Waals surface area contributed by atoms with Gasteiger partial charge in [-0.25, -0.2) is 0 Å². The van der Waals surface area contributed by atoms with E-state index in [-0.39, 0.29) is 5.91 Å². The Labute approximate surface area is 168 Å². The minimum Gasteiger partial charge on any atom is -0.361 e. The van der Waals surface area contributed by atoms with Gasteiger partial charge < -0.3 is 14.7 Å². The summed E-state index contributed by atoms with van der Waals surface area (Å²) >= 11 is 0. The Morgan fingerprint density at radius 2 is 2.00 bits per heavy atom. The Kier molecular flexibility index (Phi) is 6.89. The van der Waals surface area contributed by atoms with Crippen LogP contribution in [0.15, 0.2) is 28.8 Å². The fourth-order valence-corrected chi connectivity index (χ4v) is 4.26. The maximum Gasteiger partial charge on any atom is 0.224 e. The molecule has 1 amide bonds. The Morgan fingerprint density at radius 1 is 1.25 bits per heavy atom. The summed E-state index contributed by atoms with van der Waals surface area (Å²) in [5.74, 6) is 2.41. The number of aromatic nitrogens is 1. The molecule has 1 aromatic carbocycles. The highest BCUT2D eigenvalue weighted by Crippen LogP contribution is 2.27. The first-order valence-electron chi connectivity index (χ1n) is 10.4. The van der Waals surface area contributed by atoms with Gasteiger partial charge in [0.05, 0.1) is 5.69 Å². The zero-order chi connectivity index (χ0) is 20.1. The standard InChI is InChI=1S/C23H33N3O2/c1-16-15-26(4)14-13-20(16)8-5-19-6-9-21(10-7-19)24-23(27)12-11-22-17(2)25-28-18(22)3/h6-7,9-10,16,20H,5,8,11-15H2,1-4H3,(H,24,27)/t16-,20-/m1/s1. The highest BCUT2D eigenvalue weighted by atomic mass is 16.5. The minimum atomic E-state index is 0.0212. The topological polar surface area (TPSA) is 58.4 Å². The van der Waals surface area contributed by atoms with Gasteiger partial charge in [-0.3, -0.25) is 4.79 Å². The molecule has 5 nitrogen and oxygen atoms in total. The van der Waals surface area contributed by atoms with Crippen LogP contribution >= 0.6 is 0 Å². The first-order chi connectivity index (χ1) is 13.4. The molecule has 0 spiro atoms. The SMILES string of the molecule is Cc1noc(C)c1CCC(=O)Nc1ccc(CC[C@@H]2CCN(C)C[C@H]2C)cc1. The molecule has 1 N–H and O–H groups in total. The van der Waals surface area contributed by atoms with Crippen LogP contribution in [0, 0.1) is 25.7 Å². The molecule has 5 heteroatoms. The Morgan fingerprint density at radius 3 is 2.64 bits per heavy atom. The predicted molar refractivity (Wildman–Crippen MR) is 112 cm³/mol. The minimum absolute atomic E-state index is 0.0212. The van der Waals surface area contributed by atoms with Crippen LogP contribution in [-0.2, 0) is 17.6 Å². The molecule has 0 radical (unpaired) electrons. The van der Waals surface area contributed by atoms with Gasteiger partial charge in [0.2, 0.25) is 5.91 Å². The third-order valence-electron chi connectivity index (χ3n) is 6.11. The molecular formula is C23H33N3O2. The van der Waals surface area contributed by atoms with E-state index in [4.69, 9.17) is 4.52 Å². The third-order valence-corrected chi connectivity index (χ3v) is 6.11. The fraction of sp³-hybridized carbons (Fsp3) is 0.565. The number of carbonyl (C=O) groups is 1. The maximum atomic E-state index is 12.2. The van der Waals surface area contributed by atoms with Gasteiger partial charge in [-0.1, -0.05) is 24.2 Å². The van der Waals surface area contributed by atoms with Gasteiger partial charge in [0.15, 0.2) is 0 Å². The van der Waals surface area contributed by atoms with Crippen LogP contribution in [0.5, 0.6) is 0 Å². The molecule has 1 aliphatic rings. The molecule has 0 saturated carbocycles. The molecule has 1 aliphatic heterocycles. The Balaban J connectivity index is 1.44. The van der Waals surface area contributed by atoms with E-state index in [1.807, 2.05) is 26.0 Å². The van der Waals surface area contributed by atoms with Gasteiger partial charge in [0.25, 0.3) is 0 Å². The smallest absolute Gasteiger partial charge is 0.224 e. The number of amides is 1. The first kappa shape index (κ1) is 20.6. The summed E-state index contributed by atoms with van der Waals surface area (Å²) in [6, 6.07) is 8.31. The molecule has 1 saturated heterocycles. The Hall–Kier alpha value is -2.14. The van der Waals surface area contributed by atoms with E-state index in [1.165, 1.54) is 31.5 Å². The van der Waals surface area contributed by atoms with Crippen molar-refractivity contribution < 1.29 is 9.32 Å². The summed E-state index contributed by atoms with van der Waals surface area (Å²) in [6.45, 7) is 8.60. The van der Waals surface area contributed by atoms with Gasteiger partial charge in [-0.15, -0.1) is 0 Å². The molecule has 152 valence electrons. The molecule has 2 heterocycles. The van der Waals surface area contributed by atoms with Crippen LogP contribution in [0.25, 0.3) is 0 Å². The third kappa shape index (κ3) is 5.44. The number of carbonyl (C=O) groups excluding carboxylic acids is 1. The second-order valence-electron chi connectivity index (χ2n) is 8.37. The average Bonchev–Trinajstić information content (AvgIpc) is 2.98. The molecule has 0 aliphatic carbocycles. The predicted octanol–water partition coefficient (Wildman–Crippen LogP) is 4.38. The maximum absolute atomic E-state index is 12.2. The van der Waals surface area contributed by atoms with Crippen molar-refractivity contribution in [3.05, 3.63) is 46.8 Å². The summed E-state index contributed by atoms with van der Waals surface area (Å²) < 4.78 is 5.15. The van der Waals surface area contributed by atoms with Gasteiger partial charge >= 0.3 is 0 Å². The van der Waals surface area contributed by atoms with Gasteiger partial charge in [0, 0.05) is 24.2 Å². The summed E-state index contributed by atoms with van der Waals surface area (Å²) in [4.78, 5) is 14.7. The summed E-state index contributed by atoms with van der Waals surface area (Å²) in [6.07, 6.45) is 4.74. The summed E-state index contributed by atoms with van der Waals surface area (Å²) in [5.41, 5.74) is 4.11. The van der Waals surface area contributed by atoms with Crippen LogP contribution in [0.2, 0.25) is 0 Å². The number of likely N-dealkylation sites (tertiary alicyclic amines) is 1. The van der Waals surface area contributed by atoms with Crippen LogP contribution in [0.4, 0.5) is 5.69 Å². The van der Waals surface area contributed by atoms with Crippen LogP contribution in [0.1, 0.15) is 48.8 Å². The zero-order valence-electron chi connectivity index (χ0n) is 17.6. The monoisotopic (exact) mass is 383 g/mol. The normalized spacial score (nSPS) is 20.3. The van der Waals surface area contributed by atoms with Crippen molar-refractivity contribution in [1.29, 1.82) is 0 Å². The van der Waals surface area contributed by atoms with Crippen LogP contribution in [0.3, 0.4) is 0 Å². The number of anilines is 1. The molecule has 28 heavy (non-hydrogen) atoms. The number of benzene rings is 1. The molecule has 2 atom stereocenters. The van der Waals surface area contributed by atoms with E-state index in [1.54, 1.807) is 0 Å². The lowest BCUT2D eigenvalue weighted by Gasteiger charge is -2.34. The zero-order valence-corrected chi connectivity index (χ0v) is 17.6. The van der Waals surface area contributed by atoms with Crippen LogP contribution < -0.4 is 5.32 Å². The molecular weight excluding hydrogens is 350 g/mol. The van der Waals surface area contributed by atoms with E-state index in [2.05, 4.69) is 41.5 Å². The summed E-state index contributed by atoms with van der Waals surface area (Å²) in [7, 11) is 2.22. The summed E-state index contributed by atoms with van der Waals surface area (Å²) in [5, 5.41) is 6.93. The highest BCUT2D eigenvalue weighted by Gasteiger charge is 2.23. The lowest BCUT2D eigenvalue weighted by molar-refractivity contribution is -0.116. The number of hydrogen-bond donors (Lipinski definition) is 1. The van der Waals surface area contributed by atoms with E-state index in [0.717, 1.165) is 41.0 Å². The van der Waals surface area contributed by atoms with Gasteiger partial charge in [-0.2, -0.15) is 0 Å². The van der Waals surface area contributed by atoms with Crippen molar-refractivity contribution >= 4 is 11.6 Å². The van der Waals surface area contributed by atoms with E-state index >= 15 is 0 Å². The lowest BCUT2D eigenvalue weighted by atomic mass is 9.83. The number of piperidine rings is 1. The highest BCUT2D eigenvalue weighted by molar-refractivity contribution is 5.90. The molecule has 0 unspecified atom stereocenters. The second kappa shape index (κ2) is 9.37. The van der Waals surface area contributed by atoms with E-state index in [9.17, 15) is 4.79 Å². The van der Waals surface area contributed by atoms with E-state index in [0.29, 0.717) is 12.8 Å². The molecule has 0 bridgehead atoms. The Bertz CT molecular complexity index is 762. The van der Waals surface area contributed by atoms with Crippen molar-refractivity contribution in [3.8, 4) is 0 Å². The number of nitrogens with one attached hydrogen (secondary N) is 1. The van der Waals surface area contributed by atoms with Crippen molar-refractivity contribution in [3.63, 3.8) is 0 Å². The van der Waals surface area contributed by atoms with Gasteiger partial charge in [-0.05, 0) is 82.7 Å². The molecule has 1 aromatic heterocycles. The number of rotatable bonds is 7. The quantitative estimate of drug-likeness (QED) is 0.771. The number of nitrogens with zero attached hydrogens (tertiary/aromatic N) is 2. The van der Waals surface area contributed by atoms with Crippen molar-refractivity contribution in [2.75, 3.05) is 25.5 Å². The van der Waals surface area contributed by atoms with Crippen molar-refractivity contribution in [1.82, 2.24) is 10.1 Å². The van der Waals surface area contributed by atoms with Crippen molar-refractivity contribution in [2.24, 2.45) is 11.8 Å². The second-order valence-corrected chi connectivity index (χ2v) is 8.37. The van der Waals surface area contributed by atoms with Gasteiger partial charge in [0.1, 0.15) is 5.76 Å². The lowest BCUT2D eigenvalue weighted by Crippen LogP contribution is -2.36. The van der Waals surface area contributed by atoms with Crippen molar-refractivity contribution in [2.45, 2.75) is 52.9 Å². The molecule has 3 rings (SSSR count). The first-order valence-corrected chi connectivity index (χ1v) is 10.4. The number of aryl methyl sites for hydroxylation is 3. The van der Waals surface area contributed by atoms with Crippen LogP contribution in [-0.4, -0.2) is 36.1 Å². The largest absolute Gasteiger partial charge is 0.361 e.